The monoisotopic (exact) mass is 633 g/mol. The molecule has 0 fully saturated rings. The molecule has 3 aromatic carbocycles. The zero-order valence-corrected chi connectivity index (χ0v) is 27.9. The Balaban J connectivity index is 1.06. The number of esters is 1. The first-order valence-corrected chi connectivity index (χ1v) is 17.2. The van der Waals surface area contributed by atoms with E-state index in [2.05, 4.69) is 127 Å². The summed E-state index contributed by atoms with van der Waals surface area (Å²) in [5.41, 5.74) is 7.07. The second-order valence-corrected chi connectivity index (χ2v) is 14.7. The molecule has 4 aliphatic rings. The summed E-state index contributed by atoms with van der Waals surface area (Å²) in [6.07, 6.45) is 19.6. The fraction of sp³-hybridized carbons (Fsp3) is 0.186. The zero-order chi connectivity index (χ0) is 32.5. The van der Waals surface area contributed by atoms with Crippen LogP contribution in [0.25, 0.3) is 0 Å². The molecule has 47 heavy (non-hydrogen) atoms. The van der Waals surface area contributed by atoms with Gasteiger partial charge in [0, 0.05) is 29.5 Å². The van der Waals surface area contributed by atoms with Crippen LogP contribution in [-0.4, -0.2) is 18.2 Å². The smallest absolute Gasteiger partial charge is 0.345 e. The number of hydrogen-bond acceptors (Lipinski definition) is 3. The van der Waals surface area contributed by atoms with E-state index >= 15 is 0 Å². The van der Waals surface area contributed by atoms with Crippen molar-refractivity contribution in [1.82, 2.24) is 0 Å². The van der Waals surface area contributed by atoms with Crippen LogP contribution in [0.5, 0.6) is 5.75 Å². The molecule has 0 spiro atoms. The number of ether oxygens (including phenoxy) is 2. The summed E-state index contributed by atoms with van der Waals surface area (Å²) in [5, 5.41) is 0. The Morgan fingerprint density at radius 3 is 2.00 bits per heavy atom. The van der Waals surface area contributed by atoms with Crippen molar-refractivity contribution < 1.29 is 14.3 Å². The lowest BCUT2D eigenvalue weighted by molar-refractivity contribution is -0.154. The summed E-state index contributed by atoms with van der Waals surface area (Å²) >= 11 is 0. The van der Waals surface area contributed by atoms with Crippen molar-refractivity contribution in [3.05, 3.63) is 166 Å². The van der Waals surface area contributed by atoms with Crippen molar-refractivity contribution in [1.29, 1.82) is 0 Å². The van der Waals surface area contributed by atoms with Gasteiger partial charge in [-0.2, -0.15) is 0 Å². The van der Waals surface area contributed by atoms with Crippen molar-refractivity contribution in [2.75, 3.05) is 6.61 Å². The SMILES string of the molecule is Cc1cc([S+](c2ccccc2)c2ccccc2)cc(C)c1OCC(=O)OC(C)(C)C#CC1=CC2=CC=CC3=CC=C4C=CC=C1C4C32. The maximum Gasteiger partial charge on any atom is 0.345 e. The lowest BCUT2D eigenvalue weighted by atomic mass is 9.62. The average molecular weight is 634 g/mol. The van der Waals surface area contributed by atoms with Gasteiger partial charge >= 0.3 is 5.97 Å². The first-order valence-electron chi connectivity index (χ1n) is 16.0. The van der Waals surface area contributed by atoms with Gasteiger partial charge in [-0.1, -0.05) is 96.8 Å². The molecule has 2 atom stereocenters. The van der Waals surface area contributed by atoms with E-state index < -0.39 is 11.6 Å². The first-order chi connectivity index (χ1) is 22.8. The van der Waals surface area contributed by atoms with Gasteiger partial charge in [-0.15, -0.1) is 0 Å². The van der Waals surface area contributed by atoms with Gasteiger partial charge in [-0.05, 0) is 91.5 Å². The second-order valence-electron chi connectivity index (χ2n) is 12.7. The molecule has 0 saturated heterocycles. The molecule has 0 amide bonds. The van der Waals surface area contributed by atoms with Gasteiger partial charge in [0.25, 0.3) is 0 Å². The molecule has 4 heteroatoms. The van der Waals surface area contributed by atoms with Gasteiger partial charge in [-0.3, -0.25) is 0 Å². The first kappa shape index (κ1) is 30.7. The van der Waals surface area contributed by atoms with E-state index in [9.17, 15) is 4.79 Å². The highest BCUT2D eigenvalue weighted by molar-refractivity contribution is 7.97. The van der Waals surface area contributed by atoms with E-state index in [1.165, 1.54) is 37.0 Å². The van der Waals surface area contributed by atoms with Crippen molar-refractivity contribution in [3.63, 3.8) is 0 Å². The van der Waals surface area contributed by atoms with E-state index in [1.54, 1.807) is 0 Å². The Morgan fingerprint density at radius 2 is 1.36 bits per heavy atom. The number of hydrogen-bond donors (Lipinski definition) is 0. The van der Waals surface area contributed by atoms with Crippen LogP contribution in [0.2, 0.25) is 0 Å². The average Bonchev–Trinajstić information content (AvgIpc) is 3.07. The Labute approximate surface area is 280 Å². The highest BCUT2D eigenvalue weighted by atomic mass is 32.2. The minimum atomic E-state index is -0.992. The Kier molecular flexibility index (Phi) is 8.26. The highest BCUT2D eigenvalue weighted by Crippen LogP contribution is 2.50. The minimum absolute atomic E-state index is 0.194. The Bertz CT molecular complexity index is 1960. The van der Waals surface area contributed by atoms with Crippen LogP contribution in [0.3, 0.4) is 0 Å². The van der Waals surface area contributed by atoms with Crippen LogP contribution >= 0.6 is 0 Å². The molecule has 232 valence electrons. The predicted molar refractivity (Wildman–Crippen MR) is 190 cm³/mol. The number of carbonyl (C=O) groups excluding carboxylic acids is 1. The summed E-state index contributed by atoms with van der Waals surface area (Å²) in [5.74, 6) is 7.46. The van der Waals surface area contributed by atoms with Gasteiger partial charge in [0.05, 0.1) is 10.9 Å². The number of rotatable bonds is 7. The van der Waals surface area contributed by atoms with Crippen molar-refractivity contribution >= 4 is 16.9 Å². The molecule has 4 aliphatic carbocycles. The third-order valence-electron chi connectivity index (χ3n) is 8.81. The molecule has 0 saturated carbocycles. The number of allylic oxidation sites excluding steroid dienone is 14. The van der Waals surface area contributed by atoms with E-state index in [-0.39, 0.29) is 23.4 Å². The highest BCUT2D eigenvalue weighted by Gasteiger charge is 2.39. The van der Waals surface area contributed by atoms with Crippen LogP contribution < -0.4 is 4.74 Å². The fourth-order valence-electron chi connectivity index (χ4n) is 6.81. The van der Waals surface area contributed by atoms with Crippen LogP contribution in [0, 0.1) is 37.5 Å². The third kappa shape index (κ3) is 6.24. The fourth-order valence-corrected chi connectivity index (χ4v) is 9.07. The molecule has 0 radical (unpaired) electrons. The molecule has 0 N–H and O–H groups in total. The van der Waals surface area contributed by atoms with Gasteiger partial charge < -0.3 is 9.47 Å². The van der Waals surface area contributed by atoms with Crippen molar-refractivity contribution in [3.8, 4) is 17.6 Å². The van der Waals surface area contributed by atoms with E-state index in [0.717, 1.165) is 16.7 Å². The van der Waals surface area contributed by atoms with Crippen LogP contribution in [0.15, 0.2) is 170 Å². The quantitative estimate of drug-likeness (QED) is 0.148. The standard InChI is InChI=1S/C43H37O3S/c1-29-25-37(47(35-16-7-5-8-17-35)36-18-9-6-10-19-36)26-30(2)42(29)45-28-39(44)46-43(3,4)24-23-33-27-34-15-11-13-31-21-22-32-14-12-20-38(33)41(32)40(31)34/h5-22,25-27,40-41H,28H2,1-4H3/q+1. The molecule has 0 heterocycles. The van der Waals surface area contributed by atoms with Crippen molar-refractivity contribution in [2.24, 2.45) is 11.8 Å². The number of benzene rings is 3. The summed E-state index contributed by atoms with van der Waals surface area (Å²) in [7, 11) is -0.267. The van der Waals surface area contributed by atoms with E-state index in [0.29, 0.717) is 11.7 Å². The minimum Gasteiger partial charge on any atom is -0.481 e. The Hall–Kier alpha value is -4.98. The van der Waals surface area contributed by atoms with Crippen LogP contribution in [-0.2, 0) is 20.4 Å². The molecular weight excluding hydrogens is 597 g/mol. The maximum atomic E-state index is 13.1. The van der Waals surface area contributed by atoms with Gasteiger partial charge in [0.1, 0.15) is 5.75 Å². The number of aryl methyl sites for hydroxylation is 2. The largest absolute Gasteiger partial charge is 0.481 e. The molecule has 7 rings (SSSR count). The molecule has 2 unspecified atom stereocenters. The van der Waals surface area contributed by atoms with Gasteiger partial charge in [-0.25, -0.2) is 4.79 Å². The molecule has 0 aliphatic heterocycles. The third-order valence-corrected chi connectivity index (χ3v) is 11.0. The molecule has 0 bridgehead atoms. The topological polar surface area (TPSA) is 35.5 Å². The molecule has 3 aromatic rings. The summed E-state index contributed by atoms with van der Waals surface area (Å²) in [4.78, 5) is 16.8. The second kappa shape index (κ2) is 12.7. The lowest BCUT2D eigenvalue weighted by Crippen LogP contribution is -2.31. The molecular formula is C43H37O3S+. The van der Waals surface area contributed by atoms with E-state index in [1.807, 2.05) is 39.8 Å². The van der Waals surface area contributed by atoms with Gasteiger partial charge in [0.15, 0.2) is 26.9 Å². The predicted octanol–water partition coefficient (Wildman–Crippen LogP) is 9.13. The lowest BCUT2D eigenvalue weighted by Gasteiger charge is -2.40. The van der Waals surface area contributed by atoms with Crippen LogP contribution in [0.1, 0.15) is 25.0 Å². The normalized spacial score (nSPS) is 18.9. The maximum absolute atomic E-state index is 13.1. The van der Waals surface area contributed by atoms with Crippen molar-refractivity contribution in [2.45, 2.75) is 48.0 Å². The molecule has 3 nitrogen and oxygen atoms in total. The van der Waals surface area contributed by atoms with Gasteiger partial charge in [0.2, 0.25) is 0 Å². The number of carbonyl (C=O) groups is 1. The summed E-state index contributed by atoms with van der Waals surface area (Å²) in [6, 6.07) is 25.5. The molecule has 0 aromatic heterocycles. The zero-order valence-electron chi connectivity index (χ0n) is 27.1. The van der Waals surface area contributed by atoms with E-state index in [4.69, 9.17) is 9.47 Å². The summed E-state index contributed by atoms with van der Waals surface area (Å²) < 4.78 is 12.0. The Morgan fingerprint density at radius 1 is 0.766 bits per heavy atom. The van der Waals surface area contributed by atoms with Crippen LogP contribution in [0.4, 0.5) is 0 Å². The summed E-state index contributed by atoms with van der Waals surface area (Å²) in [6.45, 7) is 7.53.